The van der Waals surface area contributed by atoms with Gasteiger partial charge in [-0.2, -0.15) is 10.5 Å². The molecule has 0 spiro atoms. The largest absolute Gasteiger partial charge is 0.506 e. The first-order chi connectivity index (χ1) is 15.0. The molecule has 1 aliphatic heterocycles. The highest BCUT2D eigenvalue weighted by Gasteiger charge is 2.51. The zero-order valence-corrected chi connectivity index (χ0v) is 18.1. The molecule has 0 saturated carbocycles. The Hall–Kier alpha value is -3.06. The second-order valence-electron chi connectivity index (χ2n) is 8.25. The molecule has 0 saturated heterocycles. The Morgan fingerprint density at radius 2 is 1.74 bits per heavy atom. The number of phenols is 2. The Balaban J connectivity index is 1.67. The van der Waals surface area contributed by atoms with Gasteiger partial charge in [0.1, 0.15) is 29.2 Å². The van der Waals surface area contributed by atoms with Crippen LogP contribution in [-0.4, -0.2) is 10.2 Å². The second kappa shape index (κ2) is 6.47. The zero-order valence-electron chi connectivity index (χ0n) is 16.5. The van der Waals surface area contributed by atoms with Gasteiger partial charge < -0.3 is 10.2 Å². The molecule has 3 atom stereocenters. The molecule has 0 radical (unpaired) electrons. The summed E-state index contributed by atoms with van der Waals surface area (Å²) in [6.07, 6.45) is 7.32. The lowest BCUT2D eigenvalue weighted by molar-refractivity contribution is 0.381. The van der Waals surface area contributed by atoms with Crippen LogP contribution in [0, 0.1) is 35.5 Å². The Bertz CT molecular complexity index is 1370. The first kappa shape index (κ1) is 18.7. The number of nitrogens with zero attached hydrogens (tertiary/aromatic N) is 2. The first-order valence-corrected chi connectivity index (χ1v) is 11.7. The summed E-state index contributed by atoms with van der Waals surface area (Å²) in [5.74, 6) is 0.462. The highest BCUT2D eigenvalue weighted by molar-refractivity contribution is 8.24. The molecule has 7 rings (SSSR count). The number of thioether (sulfide) groups is 2. The van der Waals surface area contributed by atoms with E-state index in [2.05, 4.69) is 43.4 Å². The van der Waals surface area contributed by atoms with Crippen molar-refractivity contribution in [2.24, 2.45) is 5.92 Å². The fourth-order valence-electron chi connectivity index (χ4n) is 5.54. The zero-order chi connectivity index (χ0) is 21.4. The summed E-state index contributed by atoms with van der Waals surface area (Å²) in [5, 5.41) is 41.5. The summed E-state index contributed by atoms with van der Waals surface area (Å²) in [7, 11) is 0. The van der Waals surface area contributed by atoms with Gasteiger partial charge in [0.15, 0.2) is 0 Å². The first-order valence-electron chi connectivity index (χ1n) is 10.0. The van der Waals surface area contributed by atoms with E-state index in [1.807, 2.05) is 12.1 Å². The van der Waals surface area contributed by atoms with Crippen LogP contribution in [0.15, 0.2) is 61.6 Å². The molecule has 2 N–H and O–H groups in total. The maximum absolute atomic E-state index is 11.5. The number of rotatable bonds is 0. The fourth-order valence-corrected chi connectivity index (χ4v) is 8.01. The van der Waals surface area contributed by atoms with E-state index >= 15 is 0 Å². The van der Waals surface area contributed by atoms with Gasteiger partial charge in [-0.25, -0.2) is 0 Å². The number of phenolic OH excluding ortho intramolecular Hbond substituents is 2. The number of fused-ring (bicyclic) bond motifs is 1. The predicted molar refractivity (Wildman–Crippen MR) is 120 cm³/mol. The van der Waals surface area contributed by atoms with Crippen LogP contribution in [0.3, 0.4) is 0 Å². The van der Waals surface area contributed by atoms with Gasteiger partial charge in [0, 0.05) is 23.0 Å². The Kier molecular flexibility index (Phi) is 3.90. The number of aryl methyl sites for hydroxylation is 1. The molecule has 0 aromatic heterocycles. The van der Waals surface area contributed by atoms with Gasteiger partial charge in [-0.1, -0.05) is 71.1 Å². The molecule has 0 fully saturated rings. The lowest BCUT2D eigenvalue weighted by Gasteiger charge is -2.48. The van der Waals surface area contributed by atoms with E-state index in [9.17, 15) is 20.7 Å². The van der Waals surface area contributed by atoms with Crippen LogP contribution < -0.4 is 0 Å². The number of allylic oxidation sites excluding steroid dienone is 5. The molecular weight excluding hydrogens is 424 g/mol. The van der Waals surface area contributed by atoms with Crippen LogP contribution in [0.5, 0.6) is 11.5 Å². The maximum atomic E-state index is 11.5. The van der Waals surface area contributed by atoms with Crippen LogP contribution in [-0.2, 0) is 0 Å². The summed E-state index contributed by atoms with van der Waals surface area (Å²) in [4.78, 5) is 1.10. The Labute approximate surface area is 188 Å². The third-order valence-electron chi connectivity index (χ3n) is 6.72. The molecule has 2 aromatic carbocycles. The minimum atomic E-state index is -0.105. The van der Waals surface area contributed by atoms with E-state index < -0.39 is 0 Å². The number of nitriles is 2. The van der Waals surface area contributed by atoms with Crippen molar-refractivity contribution in [1.82, 2.24) is 0 Å². The normalized spacial score (nSPS) is 23.8. The molecule has 4 aliphatic carbocycles. The minimum absolute atomic E-state index is 0.00503. The molecule has 6 heteroatoms. The highest BCUT2D eigenvalue weighted by atomic mass is 32.2. The maximum Gasteiger partial charge on any atom is 0.150 e. The standard InChI is InChI=1S/C25H16N2O2S2/c1-11-6-7-15-16(8-11)18-14-5-3-2-4-13(14)17(15)19-20(18)22(29)24-23(21(19)28)30-25(31-24)12(9-26)10-27/h2-4,6-8,14,17-18,28-29H,5H2,1H3. The monoisotopic (exact) mass is 440 g/mol. The summed E-state index contributed by atoms with van der Waals surface area (Å²) in [6.45, 7) is 2.08. The molecule has 2 aromatic rings. The van der Waals surface area contributed by atoms with E-state index in [1.165, 1.54) is 45.8 Å². The van der Waals surface area contributed by atoms with Crippen LogP contribution >= 0.6 is 23.5 Å². The van der Waals surface area contributed by atoms with Crippen LogP contribution in [0.1, 0.15) is 46.1 Å². The third-order valence-corrected chi connectivity index (χ3v) is 9.33. The van der Waals surface area contributed by atoms with Crippen molar-refractivity contribution in [3.05, 3.63) is 79.6 Å². The van der Waals surface area contributed by atoms with Gasteiger partial charge >= 0.3 is 0 Å². The molecule has 5 aliphatic rings. The summed E-state index contributed by atoms with van der Waals surface area (Å²) in [6, 6.07) is 10.3. The summed E-state index contributed by atoms with van der Waals surface area (Å²) < 4.78 is 0.506. The molecule has 31 heavy (non-hydrogen) atoms. The van der Waals surface area contributed by atoms with Crippen molar-refractivity contribution >= 4 is 23.5 Å². The molecule has 4 nitrogen and oxygen atoms in total. The number of benzene rings is 2. The van der Waals surface area contributed by atoms with Gasteiger partial charge in [0.25, 0.3) is 0 Å². The second-order valence-corrected chi connectivity index (χ2v) is 10.6. The Morgan fingerprint density at radius 3 is 2.45 bits per heavy atom. The average Bonchev–Trinajstić information content (AvgIpc) is 3.23. The molecular formula is C25H16N2O2S2. The SMILES string of the molecule is Cc1ccc2c(c1)C1c3c(O)c4c(c(O)c3C2C2=CC=CCC21)SC(=C(C#N)C#N)S4. The van der Waals surface area contributed by atoms with Crippen molar-refractivity contribution in [2.75, 3.05) is 0 Å². The van der Waals surface area contributed by atoms with Gasteiger partial charge in [0.2, 0.25) is 0 Å². The summed E-state index contributed by atoms with van der Waals surface area (Å²) in [5.41, 5.74) is 6.47. The van der Waals surface area contributed by atoms with Gasteiger partial charge in [-0.05, 0) is 30.4 Å². The van der Waals surface area contributed by atoms with Crippen molar-refractivity contribution in [3.63, 3.8) is 0 Å². The molecule has 2 bridgehead atoms. The quantitative estimate of drug-likeness (QED) is 0.388. The van der Waals surface area contributed by atoms with Crippen molar-refractivity contribution in [3.8, 4) is 23.6 Å². The Morgan fingerprint density at radius 1 is 1.03 bits per heavy atom. The van der Waals surface area contributed by atoms with Crippen LogP contribution in [0.4, 0.5) is 0 Å². The minimum Gasteiger partial charge on any atom is -0.506 e. The van der Waals surface area contributed by atoms with E-state index in [-0.39, 0.29) is 34.8 Å². The third kappa shape index (κ3) is 2.32. The number of hydrogen-bond acceptors (Lipinski definition) is 6. The number of hydrogen-bond donors (Lipinski definition) is 2. The smallest absolute Gasteiger partial charge is 0.150 e. The van der Waals surface area contributed by atoms with E-state index in [0.29, 0.717) is 14.0 Å². The van der Waals surface area contributed by atoms with Crippen LogP contribution in [0.2, 0.25) is 0 Å². The highest BCUT2D eigenvalue weighted by Crippen LogP contribution is 2.69. The van der Waals surface area contributed by atoms with Crippen molar-refractivity contribution < 1.29 is 10.2 Å². The lowest BCUT2D eigenvalue weighted by atomic mass is 9.55. The van der Waals surface area contributed by atoms with Gasteiger partial charge in [-0.3, -0.25) is 0 Å². The van der Waals surface area contributed by atoms with Crippen molar-refractivity contribution in [1.29, 1.82) is 10.5 Å². The predicted octanol–water partition coefficient (Wildman–Crippen LogP) is 5.96. The fraction of sp³-hybridized carbons (Fsp3) is 0.200. The summed E-state index contributed by atoms with van der Waals surface area (Å²) >= 11 is 2.41. The number of aromatic hydroxyl groups is 2. The van der Waals surface area contributed by atoms with Gasteiger partial charge in [0.05, 0.1) is 14.0 Å². The van der Waals surface area contributed by atoms with Crippen LogP contribution in [0.25, 0.3) is 0 Å². The lowest BCUT2D eigenvalue weighted by Crippen LogP contribution is -2.35. The molecule has 1 heterocycles. The topological polar surface area (TPSA) is 88.0 Å². The average molecular weight is 441 g/mol. The molecule has 150 valence electrons. The molecule has 3 unspecified atom stereocenters. The van der Waals surface area contributed by atoms with Gasteiger partial charge in [-0.15, -0.1) is 0 Å². The molecule has 0 amide bonds. The van der Waals surface area contributed by atoms with E-state index in [4.69, 9.17) is 0 Å². The van der Waals surface area contributed by atoms with E-state index in [1.54, 1.807) is 0 Å². The van der Waals surface area contributed by atoms with Crippen molar-refractivity contribution in [2.45, 2.75) is 35.0 Å². The van der Waals surface area contributed by atoms with E-state index in [0.717, 1.165) is 17.5 Å².